The summed E-state index contributed by atoms with van der Waals surface area (Å²) in [6, 6.07) is 18.4. The molecule has 0 fully saturated rings. The lowest BCUT2D eigenvalue weighted by molar-refractivity contribution is 0.614. The van der Waals surface area contributed by atoms with Crippen molar-refractivity contribution in [3.8, 4) is 16.8 Å². The van der Waals surface area contributed by atoms with Gasteiger partial charge in [0.05, 0.1) is 11.2 Å². The van der Waals surface area contributed by atoms with E-state index in [-0.39, 0.29) is 5.56 Å². The molecule has 5 heteroatoms. The number of rotatable bonds is 3. The van der Waals surface area contributed by atoms with Crippen molar-refractivity contribution >= 4 is 22.7 Å². The third-order valence-corrected chi connectivity index (χ3v) is 6.63. The summed E-state index contributed by atoms with van der Waals surface area (Å²) in [6.45, 7) is 5.92. The van der Waals surface area contributed by atoms with E-state index in [1.54, 1.807) is 22.4 Å². The minimum atomic E-state index is -0.0172. The molecule has 31 heavy (non-hydrogen) atoms. The molecule has 3 heterocycles. The van der Waals surface area contributed by atoms with E-state index < -0.39 is 0 Å². The van der Waals surface area contributed by atoms with Gasteiger partial charge in [0.2, 0.25) is 0 Å². The second kappa shape index (κ2) is 9.16. The Kier molecular flexibility index (Phi) is 6.35. The summed E-state index contributed by atoms with van der Waals surface area (Å²) in [7, 11) is 2.11. The number of nitrogens with zero attached hydrogens (tertiary/aromatic N) is 2. The van der Waals surface area contributed by atoms with Gasteiger partial charge in [-0.05, 0) is 66.2 Å². The summed E-state index contributed by atoms with van der Waals surface area (Å²) < 4.78 is 3.98. The van der Waals surface area contributed by atoms with E-state index in [2.05, 4.69) is 65.7 Å². The highest BCUT2D eigenvalue weighted by molar-refractivity contribution is 7.98. The van der Waals surface area contributed by atoms with Gasteiger partial charge in [-0.2, -0.15) is 0 Å². The lowest BCUT2D eigenvalue weighted by atomic mass is 10.0. The van der Waals surface area contributed by atoms with Crippen molar-refractivity contribution in [2.75, 3.05) is 12.8 Å². The summed E-state index contributed by atoms with van der Waals surface area (Å²) in [5.74, 6) is 0. The molecule has 160 valence electrons. The fourth-order valence-electron chi connectivity index (χ4n) is 4.29. The van der Waals surface area contributed by atoms with Crippen LogP contribution in [0.1, 0.15) is 25.1 Å². The lowest BCUT2D eigenvalue weighted by Crippen LogP contribution is -2.24. The Morgan fingerprint density at radius 2 is 1.74 bits per heavy atom. The maximum atomic E-state index is 12.9. The van der Waals surface area contributed by atoms with Gasteiger partial charge in [-0.15, -0.1) is 11.8 Å². The summed E-state index contributed by atoms with van der Waals surface area (Å²) in [6.07, 6.45) is 4.99. The summed E-state index contributed by atoms with van der Waals surface area (Å²) in [5, 5.41) is 4.75. The molecule has 0 bridgehead atoms. The van der Waals surface area contributed by atoms with E-state index in [0.717, 1.165) is 36.3 Å². The molecule has 0 amide bonds. The first-order chi connectivity index (χ1) is 15.2. The third kappa shape index (κ3) is 3.95. The molecule has 2 aromatic carbocycles. The smallest absolute Gasteiger partial charge is 0.255 e. The van der Waals surface area contributed by atoms with E-state index in [9.17, 15) is 4.79 Å². The zero-order valence-electron chi connectivity index (χ0n) is 18.6. The molecule has 0 aliphatic carbocycles. The Bertz CT molecular complexity index is 1270. The molecule has 1 N–H and O–H groups in total. The van der Waals surface area contributed by atoms with Gasteiger partial charge in [0.15, 0.2) is 0 Å². The summed E-state index contributed by atoms with van der Waals surface area (Å²) in [4.78, 5) is 14.1. The molecular weight excluding hydrogens is 402 g/mol. The normalized spacial score (nSPS) is 12.9. The van der Waals surface area contributed by atoms with Crippen LogP contribution in [-0.2, 0) is 20.0 Å². The first-order valence-corrected chi connectivity index (χ1v) is 12.1. The van der Waals surface area contributed by atoms with Crippen molar-refractivity contribution in [2.45, 2.75) is 31.7 Å². The number of aryl methyl sites for hydroxylation is 1. The second-order valence-electron chi connectivity index (χ2n) is 7.46. The van der Waals surface area contributed by atoms with Gasteiger partial charge in [-0.1, -0.05) is 32.0 Å². The van der Waals surface area contributed by atoms with Crippen LogP contribution in [-0.4, -0.2) is 21.9 Å². The van der Waals surface area contributed by atoms with Gasteiger partial charge < -0.3 is 9.88 Å². The number of nitrogens with one attached hydrogen (secondary N) is 1. The molecule has 1 aliphatic rings. The van der Waals surface area contributed by atoms with Crippen LogP contribution in [0.5, 0.6) is 0 Å². The van der Waals surface area contributed by atoms with Crippen LogP contribution in [0.15, 0.2) is 70.5 Å². The van der Waals surface area contributed by atoms with Gasteiger partial charge in [0.25, 0.3) is 5.56 Å². The zero-order chi connectivity index (χ0) is 22.0. The molecule has 0 atom stereocenters. The number of thioether (sulfide) groups is 1. The van der Waals surface area contributed by atoms with Crippen LogP contribution in [0, 0.1) is 0 Å². The van der Waals surface area contributed by atoms with Crippen molar-refractivity contribution < 1.29 is 0 Å². The SMILES string of the molecule is CC.CSc1ccc(-c2ccn(-c3ccc4c5c(n(C)c4c3)CNCC5)c(=O)c2)cc1. The fourth-order valence-corrected chi connectivity index (χ4v) is 4.69. The van der Waals surface area contributed by atoms with Crippen LogP contribution in [0.3, 0.4) is 0 Å². The number of aromatic nitrogens is 2. The predicted octanol–water partition coefficient (Wildman–Crippen LogP) is 5.39. The number of pyridine rings is 1. The maximum absolute atomic E-state index is 12.9. The van der Waals surface area contributed by atoms with Crippen molar-refractivity contribution in [1.29, 1.82) is 0 Å². The Morgan fingerprint density at radius 1 is 0.968 bits per heavy atom. The lowest BCUT2D eigenvalue weighted by Gasteiger charge is -2.14. The molecular formula is C26H29N3OS. The van der Waals surface area contributed by atoms with E-state index in [4.69, 9.17) is 0 Å². The van der Waals surface area contributed by atoms with E-state index >= 15 is 0 Å². The first-order valence-electron chi connectivity index (χ1n) is 10.8. The highest BCUT2D eigenvalue weighted by Crippen LogP contribution is 2.29. The molecule has 0 unspecified atom stereocenters. The predicted molar refractivity (Wildman–Crippen MR) is 132 cm³/mol. The van der Waals surface area contributed by atoms with E-state index in [1.807, 2.05) is 26.1 Å². The molecule has 0 saturated heterocycles. The number of benzene rings is 2. The zero-order valence-corrected chi connectivity index (χ0v) is 19.4. The molecule has 0 saturated carbocycles. The summed E-state index contributed by atoms with van der Waals surface area (Å²) in [5.41, 5.74) is 6.85. The van der Waals surface area contributed by atoms with Crippen molar-refractivity contribution in [1.82, 2.24) is 14.5 Å². The molecule has 4 aromatic rings. The Labute approximate surface area is 187 Å². The minimum absolute atomic E-state index is 0.0172. The standard InChI is InChI=1S/C24H23N3OS.C2H6/c1-26-22-14-18(5-8-20(22)21-9-11-25-15-23(21)26)27-12-10-17(13-24(27)28)16-3-6-19(29-2)7-4-16;1-2/h3-8,10,12-14,25H,9,11,15H2,1-2H3;1-2H3. The molecule has 2 aromatic heterocycles. The van der Waals surface area contributed by atoms with Gasteiger partial charge in [-0.3, -0.25) is 9.36 Å². The van der Waals surface area contributed by atoms with Gasteiger partial charge in [-0.25, -0.2) is 0 Å². The largest absolute Gasteiger partial charge is 0.346 e. The third-order valence-electron chi connectivity index (χ3n) is 5.89. The van der Waals surface area contributed by atoms with Crippen LogP contribution < -0.4 is 10.9 Å². The Balaban J connectivity index is 0.00000112. The number of fused-ring (bicyclic) bond motifs is 3. The molecule has 4 nitrogen and oxygen atoms in total. The van der Waals surface area contributed by atoms with Crippen LogP contribution in [0.25, 0.3) is 27.7 Å². The summed E-state index contributed by atoms with van der Waals surface area (Å²) >= 11 is 1.72. The van der Waals surface area contributed by atoms with Crippen molar-refractivity contribution in [3.05, 3.63) is 82.4 Å². The van der Waals surface area contributed by atoms with Gasteiger partial charge >= 0.3 is 0 Å². The average Bonchev–Trinajstić information content (AvgIpc) is 3.12. The number of hydrogen-bond donors (Lipinski definition) is 1. The maximum Gasteiger partial charge on any atom is 0.255 e. The highest BCUT2D eigenvalue weighted by atomic mass is 32.2. The Hall–Kier alpha value is -2.76. The van der Waals surface area contributed by atoms with Gasteiger partial charge in [0.1, 0.15) is 0 Å². The van der Waals surface area contributed by atoms with Crippen molar-refractivity contribution in [3.63, 3.8) is 0 Å². The van der Waals surface area contributed by atoms with Gasteiger partial charge in [0, 0.05) is 41.8 Å². The second-order valence-corrected chi connectivity index (χ2v) is 8.34. The van der Waals surface area contributed by atoms with Crippen LogP contribution in [0.2, 0.25) is 0 Å². The van der Waals surface area contributed by atoms with Crippen molar-refractivity contribution in [2.24, 2.45) is 7.05 Å². The van der Waals surface area contributed by atoms with E-state index in [0.29, 0.717) is 0 Å². The molecule has 0 radical (unpaired) electrons. The van der Waals surface area contributed by atoms with Crippen LogP contribution >= 0.6 is 11.8 Å². The van der Waals surface area contributed by atoms with Crippen LogP contribution in [0.4, 0.5) is 0 Å². The fraction of sp³-hybridized carbons (Fsp3) is 0.269. The molecule has 0 spiro atoms. The molecule has 1 aliphatic heterocycles. The van der Waals surface area contributed by atoms with E-state index in [1.165, 1.54) is 27.1 Å². The topological polar surface area (TPSA) is 39.0 Å². The molecule has 5 rings (SSSR count). The monoisotopic (exact) mass is 431 g/mol. The quantitative estimate of drug-likeness (QED) is 0.442. The minimum Gasteiger partial charge on any atom is -0.346 e. The average molecular weight is 432 g/mol. The number of hydrogen-bond acceptors (Lipinski definition) is 3. The first kappa shape index (κ1) is 21.5. The Morgan fingerprint density at radius 3 is 2.45 bits per heavy atom. The highest BCUT2D eigenvalue weighted by Gasteiger charge is 2.18.